The van der Waals surface area contributed by atoms with Gasteiger partial charge in [-0.05, 0) is 36.4 Å². The molecule has 0 atom stereocenters. The van der Waals surface area contributed by atoms with Gasteiger partial charge in [0, 0.05) is 23.6 Å². The zero-order chi connectivity index (χ0) is 16.7. The van der Waals surface area contributed by atoms with Crippen LogP contribution in [-0.2, 0) is 4.79 Å². The standard InChI is InChI=1S/C17H17ClN2O3/c1-23-15-5-3-2-4-14(15)20-17(22)12-6-8-13(9-7-12)19-16(21)10-11-18/h2-9H,10-11H2,1H3,(H,19,21)(H,20,22). The Bertz CT molecular complexity index is 686. The van der Waals surface area contributed by atoms with Crippen LogP contribution >= 0.6 is 11.6 Å². The van der Waals surface area contributed by atoms with Crippen molar-refractivity contribution in [1.82, 2.24) is 0 Å². The summed E-state index contributed by atoms with van der Waals surface area (Å²) in [5.41, 5.74) is 1.69. The molecule has 0 spiro atoms. The van der Waals surface area contributed by atoms with Crippen molar-refractivity contribution in [2.24, 2.45) is 0 Å². The fourth-order valence-electron chi connectivity index (χ4n) is 1.96. The molecule has 0 fully saturated rings. The molecule has 0 radical (unpaired) electrons. The maximum Gasteiger partial charge on any atom is 0.255 e. The molecule has 0 bridgehead atoms. The Balaban J connectivity index is 2.04. The van der Waals surface area contributed by atoms with Crippen molar-refractivity contribution in [3.63, 3.8) is 0 Å². The van der Waals surface area contributed by atoms with Gasteiger partial charge in [-0.2, -0.15) is 0 Å². The Morgan fingerprint density at radius 1 is 1.04 bits per heavy atom. The third-order valence-corrected chi connectivity index (χ3v) is 3.30. The van der Waals surface area contributed by atoms with E-state index in [1.807, 2.05) is 12.1 Å². The first-order valence-corrected chi connectivity index (χ1v) is 7.57. The third kappa shape index (κ3) is 4.72. The Kier molecular flexibility index (Phi) is 6.00. The van der Waals surface area contributed by atoms with Crippen LogP contribution in [-0.4, -0.2) is 24.8 Å². The van der Waals surface area contributed by atoms with Crippen molar-refractivity contribution in [3.8, 4) is 5.75 Å². The van der Waals surface area contributed by atoms with E-state index >= 15 is 0 Å². The smallest absolute Gasteiger partial charge is 0.255 e. The first-order valence-electron chi connectivity index (χ1n) is 7.04. The minimum absolute atomic E-state index is 0.161. The van der Waals surface area contributed by atoms with Crippen LogP contribution in [0.25, 0.3) is 0 Å². The van der Waals surface area contributed by atoms with Crippen LogP contribution in [0.3, 0.4) is 0 Å². The summed E-state index contributed by atoms with van der Waals surface area (Å²) in [4.78, 5) is 23.7. The SMILES string of the molecule is COc1ccccc1NC(=O)c1ccc(NC(=O)CCCl)cc1. The van der Waals surface area contributed by atoms with E-state index in [4.69, 9.17) is 16.3 Å². The van der Waals surface area contributed by atoms with Gasteiger partial charge < -0.3 is 15.4 Å². The predicted octanol–water partition coefficient (Wildman–Crippen LogP) is 3.51. The lowest BCUT2D eigenvalue weighted by Gasteiger charge is -2.10. The summed E-state index contributed by atoms with van der Waals surface area (Å²) >= 11 is 5.51. The van der Waals surface area contributed by atoms with Gasteiger partial charge in [0.2, 0.25) is 5.91 Å². The normalized spacial score (nSPS) is 10.0. The van der Waals surface area contributed by atoms with Gasteiger partial charge in [-0.15, -0.1) is 11.6 Å². The van der Waals surface area contributed by atoms with Crippen molar-refractivity contribution in [3.05, 3.63) is 54.1 Å². The summed E-state index contributed by atoms with van der Waals surface area (Å²) in [6, 6.07) is 13.8. The second-order valence-electron chi connectivity index (χ2n) is 4.72. The molecule has 0 aliphatic heterocycles. The van der Waals surface area contributed by atoms with Crippen molar-refractivity contribution in [2.75, 3.05) is 23.6 Å². The average molecular weight is 333 g/mol. The number of methoxy groups -OCH3 is 1. The Hall–Kier alpha value is -2.53. The number of nitrogens with one attached hydrogen (secondary N) is 2. The zero-order valence-electron chi connectivity index (χ0n) is 12.6. The molecular weight excluding hydrogens is 316 g/mol. The molecule has 23 heavy (non-hydrogen) atoms. The summed E-state index contributed by atoms with van der Waals surface area (Å²) in [5.74, 6) is 0.441. The molecule has 0 unspecified atom stereocenters. The quantitative estimate of drug-likeness (QED) is 0.795. The first-order chi connectivity index (χ1) is 11.1. The van der Waals surface area contributed by atoms with Gasteiger partial charge in [-0.25, -0.2) is 0 Å². The highest BCUT2D eigenvalue weighted by molar-refractivity contribution is 6.19. The van der Waals surface area contributed by atoms with Crippen LogP contribution in [0, 0.1) is 0 Å². The zero-order valence-corrected chi connectivity index (χ0v) is 13.4. The number of amides is 2. The number of carbonyl (C=O) groups is 2. The number of halogens is 1. The summed E-state index contributed by atoms with van der Waals surface area (Å²) in [6.07, 6.45) is 0.248. The van der Waals surface area contributed by atoms with Gasteiger partial charge in [-0.3, -0.25) is 9.59 Å². The second kappa shape index (κ2) is 8.19. The summed E-state index contributed by atoms with van der Waals surface area (Å²) in [6.45, 7) is 0. The summed E-state index contributed by atoms with van der Waals surface area (Å²) in [5, 5.41) is 5.49. The average Bonchev–Trinajstić information content (AvgIpc) is 2.56. The molecular formula is C17H17ClN2O3. The second-order valence-corrected chi connectivity index (χ2v) is 5.10. The van der Waals surface area contributed by atoms with Gasteiger partial charge in [0.15, 0.2) is 0 Å². The summed E-state index contributed by atoms with van der Waals surface area (Å²) in [7, 11) is 1.54. The fourth-order valence-corrected chi connectivity index (χ4v) is 2.13. The number of rotatable bonds is 6. The number of ether oxygens (including phenoxy) is 1. The minimum Gasteiger partial charge on any atom is -0.495 e. The lowest BCUT2D eigenvalue weighted by molar-refractivity contribution is -0.115. The molecule has 0 aliphatic rings. The van der Waals surface area contributed by atoms with Crippen LogP contribution in [0.1, 0.15) is 16.8 Å². The molecule has 2 aromatic carbocycles. The molecule has 2 N–H and O–H groups in total. The molecule has 0 heterocycles. The lowest BCUT2D eigenvalue weighted by Crippen LogP contribution is -2.14. The maximum absolute atomic E-state index is 12.2. The predicted molar refractivity (Wildman–Crippen MR) is 91.4 cm³/mol. The molecule has 0 aliphatic carbocycles. The Morgan fingerprint density at radius 2 is 1.74 bits per heavy atom. The minimum atomic E-state index is -0.256. The van der Waals surface area contributed by atoms with Gasteiger partial charge in [-0.1, -0.05) is 12.1 Å². The number of carbonyl (C=O) groups excluding carboxylic acids is 2. The highest BCUT2D eigenvalue weighted by atomic mass is 35.5. The number of hydrogen-bond donors (Lipinski definition) is 2. The van der Waals surface area contributed by atoms with Crippen LogP contribution in [0.15, 0.2) is 48.5 Å². The molecule has 0 saturated carbocycles. The van der Waals surface area contributed by atoms with E-state index in [1.54, 1.807) is 43.5 Å². The topological polar surface area (TPSA) is 67.4 Å². The molecule has 2 aromatic rings. The summed E-state index contributed by atoms with van der Waals surface area (Å²) < 4.78 is 5.19. The fraction of sp³-hybridized carbons (Fsp3) is 0.176. The van der Waals surface area contributed by atoms with Gasteiger partial charge >= 0.3 is 0 Å². The monoisotopic (exact) mass is 332 g/mol. The van der Waals surface area contributed by atoms with Gasteiger partial charge in [0.25, 0.3) is 5.91 Å². The lowest BCUT2D eigenvalue weighted by atomic mass is 10.2. The van der Waals surface area contributed by atoms with Gasteiger partial charge in [0.1, 0.15) is 5.75 Å². The van der Waals surface area contributed by atoms with Crippen molar-refractivity contribution in [1.29, 1.82) is 0 Å². The van der Waals surface area contributed by atoms with Crippen molar-refractivity contribution in [2.45, 2.75) is 6.42 Å². The van der Waals surface area contributed by atoms with E-state index in [9.17, 15) is 9.59 Å². The number of hydrogen-bond acceptors (Lipinski definition) is 3. The van der Waals surface area contributed by atoms with Crippen LogP contribution in [0.2, 0.25) is 0 Å². The number of alkyl halides is 1. The van der Waals surface area contributed by atoms with E-state index in [0.717, 1.165) is 0 Å². The third-order valence-electron chi connectivity index (χ3n) is 3.11. The Morgan fingerprint density at radius 3 is 2.39 bits per heavy atom. The van der Waals surface area contributed by atoms with Gasteiger partial charge in [0.05, 0.1) is 12.8 Å². The van der Waals surface area contributed by atoms with E-state index < -0.39 is 0 Å². The van der Waals surface area contributed by atoms with Crippen molar-refractivity contribution >= 4 is 34.8 Å². The molecule has 5 nitrogen and oxygen atoms in total. The van der Waals surface area contributed by atoms with E-state index in [2.05, 4.69) is 10.6 Å². The molecule has 6 heteroatoms. The largest absolute Gasteiger partial charge is 0.495 e. The van der Waals surface area contributed by atoms with Crippen LogP contribution in [0.4, 0.5) is 11.4 Å². The molecule has 0 saturated heterocycles. The van der Waals surface area contributed by atoms with Crippen LogP contribution in [0.5, 0.6) is 5.75 Å². The van der Waals surface area contributed by atoms with E-state index in [-0.39, 0.29) is 24.1 Å². The van der Waals surface area contributed by atoms with Crippen LogP contribution < -0.4 is 15.4 Å². The van der Waals surface area contributed by atoms with E-state index in [0.29, 0.717) is 22.7 Å². The maximum atomic E-state index is 12.2. The molecule has 0 aromatic heterocycles. The highest BCUT2D eigenvalue weighted by Gasteiger charge is 2.09. The molecule has 2 amide bonds. The van der Waals surface area contributed by atoms with E-state index in [1.165, 1.54) is 0 Å². The number of para-hydroxylation sites is 2. The Labute approximate surface area is 139 Å². The number of anilines is 2. The molecule has 2 rings (SSSR count). The number of benzene rings is 2. The highest BCUT2D eigenvalue weighted by Crippen LogP contribution is 2.23. The first kappa shape index (κ1) is 16.8. The van der Waals surface area contributed by atoms with Crippen molar-refractivity contribution < 1.29 is 14.3 Å². The molecule has 120 valence electrons.